The van der Waals surface area contributed by atoms with E-state index in [9.17, 15) is 5.11 Å². The molecule has 2 heterocycles. The van der Waals surface area contributed by atoms with Gasteiger partial charge in [0.25, 0.3) is 0 Å². The largest absolute Gasteiger partial charge is 0.392 e. The first-order valence-electron chi connectivity index (χ1n) is 12.1. The molecule has 3 aromatic carbocycles. The second kappa shape index (κ2) is 9.87. The highest BCUT2D eigenvalue weighted by molar-refractivity contribution is 5.45. The fraction of sp³-hybridized carbons (Fsp3) is 0.321. The summed E-state index contributed by atoms with van der Waals surface area (Å²) in [5.74, 6) is 0.691. The third kappa shape index (κ3) is 4.04. The lowest BCUT2D eigenvalue weighted by atomic mass is 9.65. The first-order valence-corrected chi connectivity index (χ1v) is 12.1. The van der Waals surface area contributed by atoms with E-state index in [1.165, 1.54) is 5.56 Å². The molecule has 1 unspecified atom stereocenters. The third-order valence-electron chi connectivity index (χ3n) is 7.56. The standard InChI is InChI=1S/C28H31N5O/c34-25(27(18-20-29-21-19-27)22-10-4-1-5-11-22)16-17-28(26-30-32-33-31-26,23-12-6-2-7-13-23)24-14-8-3-9-15-24/h1-15,25,29,34H,16-21H2,(H,30,31,32,33). The van der Waals surface area contributed by atoms with Crippen LogP contribution in [0.4, 0.5) is 0 Å². The average Bonchev–Trinajstić information content (AvgIpc) is 3.46. The maximum absolute atomic E-state index is 11.8. The number of H-pyrrole nitrogens is 1. The van der Waals surface area contributed by atoms with E-state index >= 15 is 0 Å². The molecule has 0 spiro atoms. The molecule has 1 aliphatic rings. The Morgan fingerprint density at radius 1 is 0.824 bits per heavy atom. The van der Waals surface area contributed by atoms with Gasteiger partial charge in [-0.1, -0.05) is 91.0 Å². The van der Waals surface area contributed by atoms with Crippen LogP contribution >= 0.6 is 0 Å². The topological polar surface area (TPSA) is 86.7 Å². The molecule has 1 saturated heterocycles. The molecule has 34 heavy (non-hydrogen) atoms. The average molecular weight is 454 g/mol. The maximum Gasteiger partial charge on any atom is 0.163 e. The van der Waals surface area contributed by atoms with Gasteiger partial charge in [0.1, 0.15) is 0 Å². The summed E-state index contributed by atoms with van der Waals surface area (Å²) >= 11 is 0. The summed E-state index contributed by atoms with van der Waals surface area (Å²) in [6.07, 6.45) is 2.59. The first kappa shape index (κ1) is 22.4. The Bertz CT molecular complexity index is 1100. The van der Waals surface area contributed by atoms with Crippen LogP contribution in [0.5, 0.6) is 0 Å². The lowest BCUT2D eigenvalue weighted by Gasteiger charge is -2.43. The molecule has 0 radical (unpaired) electrons. The molecule has 1 aromatic heterocycles. The van der Waals surface area contributed by atoms with Crippen LogP contribution in [0.25, 0.3) is 0 Å². The summed E-state index contributed by atoms with van der Waals surface area (Å²) in [5.41, 5.74) is 2.55. The van der Waals surface area contributed by atoms with Crippen LogP contribution < -0.4 is 5.32 Å². The fourth-order valence-corrected chi connectivity index (χ4v) is 5.72. The molecule has 6 heteroatoms. The van der Waals surface area contributed by atoms with E-state index in [-0.39, 0.29) is 5.41 Å². The highest BCUT2D eigenvalue weighted by Gasteiger charge is 2.44. The normalized spacial score (nSPS) is 16.7. The van der Waals surface area contributed by atoms with Crippen LogP contribution in [-0.4, -0.2) is 44.9 Å². The summed E-state index contributed by atoms with van der Waals surface area (Å²) in [7, 11) is 0. The predicted octanol–water partition coefficient (Wildman–Crippen LogP) is 4.00. The third-order valence-corrected chi connectivity index (χ3v) is 7.56. The minimum atomic E-state index is -0.599. The summed E-state index contributed by atoms with van der Waals surface area (Å²) < 4.78 is 0. The van der Waals surface area contributed by atoms with Crippen LogP contribution in [0.15, 0.2) is 91.0 Å². The molecule has 1 atom stereocenters. The fourth-order valence-electron chi connectivity index (χ4n) is 5.72. The number of hydrogen-bond acceptors (Lipinski definition) is 5. The van der Waals surface area contributed by atoms with E-state index in [2.05, 4.69) is 74.5 Å². The van der Waals surface area contributed by atoms with Crippen molar-refractivity contribution in [1.29, 1.82) is 0 Å². The van der Waals surface area contributed by atoms with Crippen LogP contribution in [0, 0.1) is 0 Å². The van der Waals surface area contributed by atoms with Crippen LogP contribution in [-0.2, 0) is 10.8 Å². The van der Waals surface area contributed by atoms with Crippen LogP contribution in [0.1, 0.15) is 48.2 Å². The van der Waals surface area contributed by atoms with Gasteiger partial charge in [0.2, 0.25) is 0 Å². The van der Waals surface area contributed by atoms with Gasteiger partial charge in [-0.2, -0.15) is 0 Å². The maximum atomic E-state index is 11.8. The molecule has 5 rings (SSSR count). The number of aliphatic hydroxyl groups excluding tert-OH is 1. The van der Waals surface area contributed by atoms with Crippen molar-refractivity contribution in [2.45, 2.75) is 42.6 Å². The van der Waals surface area contributed by atoms with Gasteiger partial charge in [-0.25, -0.2) is 5.10 Å². The minimum Gasteiger partial charge on any atom is -0.392 e. The van der Waals surface area contributed by atoms with Gasteiger partial charge in [-0.15, -0.1) is 5.10 Å². The number of aromatic amines is 1. The summed E-state index contributed by atoms with van der Waals surface area (Å²) in [6, 6.07) is 31.2. The van der Waals surface area contributed by atoms with Crippen molar-refractivity contribution in [2.75, 3.05) is 13.1 Å². The second-order valence-electron chi connectivity index (χ2n) is 9.21. The first-order chi connectivity index (χ1) is 16.8. The van der Waals surface area contributed by atoms with Gasteiger partial charge in [0, 0.05) is 5.41 Å². The molecule has 1 aliphatic heterocycles. The van der Waals surface area contributed by atoms with Gasteiger partial charge in [-0.3, -0.25) is 0 Å². The van der Waals surface area contributed by atoms with E-state index in [1.807, 2.05) is 42.5 Å². The predicted molar refractivity (Wildman–Crippen MR) is 132 cm³/mol. The Balaban J connectivity index is 1.56. The quantitative estimate of drug-likeness (QED) is 0.375. The molecule has 1 fully saturated rings. The molecule has 0 saturated carbocycles. The molecule has 0 amide bonds. The van der Waals surface area contributed by atoms with E-state index in [0.29, 0.717) is 18.7 Å². The van der Waals surface area contributed by atoms with Crippen molar-refractivity contribution in [2.24, 2.45) is 0 Å². The van der Waals surface area contributed by atoms with E-state index < -0.39 is 11.5 Å². The zero-order valence-corrected chi connectivity index (χ0v) is 19.3. The van der Waals surface area contributed by atoms with Crippen molar-refractivity contribution in [1.82, 2.24) is 25.9 Å². The number of aromatic nitrogens is 4. The molecule has 174 valence electrons. The zero-order chi connectivity index (χ0) is 23.3. The van der Waals surface area contributed by atoms with Gasteiger partial charge in [-0.05, 0) is 65.9 Å². The molecular weight excluding hydrogens is 422 g/mol. The Labute approximate surface area is 200 Å². The number of tetrazole rings is 1. The van der Waals surface area contributed by atoms with Crippen molar-refractivity contribution in [3.63, 3.8) is 0 Å². The molecule has 6 nitrogen and oxygen atoms in total. The van der Waals surface area contributed by atoms with Gasteiger partial charge in [0.15, 0.2) is 5.82 Å². The lowest BCUT2D eigenvalue weighted by molar-refractivity contribution is 0.0465. The van der Waals surface area contributed by atoms with E-state index in [4.69, 9.17) is 0 Å². The zero-order valence-electron chi connectivity index (χ0n) is 19.3. The Hall–Kier alpha value is -3.35. The minimum absolute atomic E-state index is 0.273. The number of aliphatic hydroxyl groups is 1. The highest BCUT2D eigenvalue weighted by Crippen LogP contribution is 2.44. The van der Waals surface area contributed by atoms with Crippen LogP contribution in [0.3, 0.4) is 0 Å². The summed E-state index contributed by atoms with van der Waals surface area (Å²) in [6.45, 7) is 1.81. The van der Waals surface area contributed by atoms with Crippen LogP contribution in [0.2, 0.25) is 0 Å². The Morgan fingerprint density at radius 2 is 1.38 bits per heavy atom. The van der Waals surface area contributed by atoms with Gasteiger partial charge in [0.05, 0.1) is 11.5 Å². The number of nitrogens with zero attached hydrogens (tertiary/aromatic N) is 3. The molecule has 0 aliphatic carbocycles. The number of nitrogens with one attached hydrogen (secondary N) is 2. The molecular formula is C28H31N5O. The van der Waals surface area contributed by atoms with Gasteiger partial charge < -0.3 is 10.4 Å². The monoisotopic (exact) mass is 453 g/mol. The molecule has 3 N–H and O–H groups in total. The summed E-state index contributed by atoms with van der Waals surface area (Å²) in [4.78, 5) is 0. The number of benzene rings is 3. The lowest BCUT2D eigenvalue weighted by Crippen LogP contribution is -2.48. The SMILES string of the molecule is OC(CCC(c1ccccc1)(c1ccccc1)c1nnn[nH]1)C1(c2ccccc2)CCNCC1. The smallest absolute Gasteiger partial charge is 0.163 e. The molecule has 0 bridgehead atoms. The summed E-state index contributed by atoms with van der Waals surface area (Å²) in [5, 5.41) is 30.6. The highest BCUT2D eigenvalue weighted by atomic mass is 16.3. The van der Waals surface area contributed by atoms with Gasteiger partial charge >= 0.3 is 0 Å². The van der Waals surface area contributed by atoms with Crippen molar-refractivity contribution < 1.29 is 5.11 Å². The van der Waals surface area contributed by atoms with E-state index in [1.54, 1.807) is 0 Å². The number of rotatable bonds is 8. The number of piperidine rings is 1. The Morgan fingerprint density at radius 3 is 1.91 bits per heavy atom. The van der Waals surface area contributed by atoms with Crippen molar-refractivity contribution in [3.8, 4) is 0 Å². The van der Waals surface area contributed by atoms with E-state index in [0.717, 1.165) is 37.1 Å². The van der Waals surface area contributed by atoms with Crippen molar-refractivity contribution in [3.05, 3.63) is 114 Å². The van der Waals surface area contributed by atoms with Crippen molar-refractivity contribution >= 4 is 0 Å². The molecule has 4 aromatic rings. The number of hydrogen-bond donors (Lipinski definition) is 3. The second-order valence-corrected chi connectivity index (χ2v) is 9.21. The Kier molecular flexibility index (Phi) is 6.52.